The van der Waals surface area contributed by atoms with Crippen molar-refractivity contribution in [2.45, 2.75) is 12.8 Å². The SMILES string of the molecule is O=C(CBr)NN1C(=O)CCC1=O. The van der Waals surface area contributed by atoms with Gasteiger partial charge in [-0.05, 0) is 0 Å². The van der Waals surface area contributed by atoms with Gasteiger partial charge in [-0.2, -0.15) is 5.01 Å². The van der Waals surface area contributed by atoms with Crippen molar-refractivity contribution in [2.24, 2.45) is 0 Å². The molecule has 6 heteroatoms. The van der Waals surface area contributed by atoms with Gasteiger partial charge in [0.25, 0.3) is 0 Å². The maximum atomic E-state index is 10.9. The highest BCUT2D eigenvalue weighted by atomic mass is 79.9. The van der Waals surface area contributed by atoms with Crippen molar-refractivity contribution in [1.29, 1.82) is 0 Å². The number of carbonyl (C=O) groups excluding carboxylic acids is 3. The zero-order valence-corrected chi connectivity index (χ0v) is 7.76. The first kappa shape index (κ1) is 9.18. The highest BCUT2D eigenvalue weighted by molar-refractivity contribution is 9.09. The van der Waals surface area contributed by atoms with Crippen LogP contribution in [0.25, 0.3) is 0 Å². The van der Waals surface area contributed by atoms with Crippen LogP contribution >= 0.6 is 15.9 Å². The Morgan fingerprint density at radius 2 is 1.92 bits per heavy atom. The molecule has 0 aromatic carbocycles. The third-order valence-corrected chi connectivity index (χ3v) is 1.92. The van der Waals surface area contributed by atoms with E-state index in [-0.39, 0.29) is 30.0 Å². The molecule has 0 unspecified atom stereocenters. The van der Waals surface area contributed by atoms with E-state index in [0.29, 0.717) is 0 Å². The van der Waals surface area contributed by atoms with Gasteiger partial charge >= 0.3 is 0 Å². The second kappa shape index (κ2) is 3.66. The monoisotopic (exact) mass is 234 g/mol. The molecule has 0 aliphatic carbocycles. The molecule has 0 atom stereocenters. The molecule has 1 rings (SSSR count). The van der Waals surface area contributed by atoms with Crippen LogP contribution in [0.2, 0.25) is 0 Å². The molecular formula is C6H7BrN2O3. The quantitative estimate of drug-likeness (QED) is 0.521. The largest absolute Gasteiger partial charge is 0.273 e. The molecule has 0 saturated carbocycles. The third kappa shape index (κ3) is 1.82. The summed E-state index contributed by atoms with van der Waals surface area (Å²) >= 11 is 2.90. The Morgan fingerprint density at radius 1 is 1.42 bits per heavy atom. The molecule has 0 spiro atoms. The summed E-state index contributed by atoms with van der Waals surface area (Å²) < 4.78 is 0. The number of carbonyl (C=O) groups is 3. The zero-order chi connectivity index (χ0) is 9.14. The van der Waals surface area contributed by atoms with Crippen LogP contribution in [0.4, 0.5) is 0 Å². The van der Waals surface area contributed by atoms with Gasteiger partial charge in [0.15, 0.2) is 0 Å². The first-order valence-electron chi connectivity index (χ1n) is 3.36. The van der Waals surface area contributed by atoms with Crippen LogP contribution in [-0.4, -0.2) is 28.1 Å². The molecule has 1 saturated heterocycles. The van der Waals surface area contributed by atoms with Gasteiger partial charge in [-0.1, -0.05) is 15.9 Å². The van der Waals surface area contributed by atoms with Crippen LogP contribution in [0.5, 0.6) is 0 Å². The summed E-state index contributed by atoms with van der Waals surface area (Å²) in [4.78, 5) is 32.6. The minimum absolute atomic E-state index is 0.0735. The Hall–Kier alpha value is -0.910. The van der Waals surface area contributed by atoms with Crippen molar-refractivity contribution in [3.63, 3.8) is 0 Å². The lowest BCUT2D eigenvalue weighted by Crippen LogP contribution is -2.45. The number of imide groups is 1. The molecule has 0 aromatic heterocycles. The van der Waals surface area contributed by atoms with Crippen LogP contribution < -0.4 is 5.43 Å². The molecule has 0 bridgehead atoms. The molecule has 3 amide bonds. The van der Waals surface area contributed by atoms with Crippen molar-refractivity contribution in [3.8, 4) is 0 Å². The first-order valence-corrected chi connectivity index (χ1v) is 4.48. The summed E-state index contributed by atoms with van der Waals surface area (Å²) in [5, 5.41) is 0.841. The Morgan fingerprint density at radius 3 is 2.33 bits per heavy atom. The van der Waals surface area contributed by atoms with Gasteiger partial charge in [0.05, 0.1) is 5.33 Å². The normalized spacial score (nSPS) is 16.9. The number of hydrogen-bond acceptors (Lipinski definition) is 3. The minimum atomic E-state index is -0.404. The van der Waals surface area contributed by atoms with E-state index in [1.165, 1.54) is 0 Å². The van der Waals surface area contributed by atoms with Gasteiger partial charge in [-0.15, -0.1) is 0 Å². The summed E-state index contributed by atoms with van der Waals surface area (Å²) in [6, 6.07) is 0. The van der Waals surface area contributed by atoms with Crippen LogP contribution in [0.1, 0.15) is 12.8 Å². The predicted molar refractivity (Wildman–Crippen MR) is 43.0 cm³/mol. The molecule has 1 fully saturated rings. The lowest BCUT2D eigenvalue weighted by molar-refractivity contribution is -0.147. The molecule has 5 nitrogen and oxygen atoms in total. The molecule has 66 valence electrons. The fraction of sp³-hybridized carbons (Fsp3) is 0.500. The fourth-order valence-corrected chi connectivity index (χ4v) is 0.981. The molecule has 0 aromatic rings. The van der Waals surface area contributed by atoms with E-state index in [4.69, 9.17) is 0 Å². The van der Waals surface area contributed by atoms with E-state index in [2.05, 4.69) is 21.4 Å². The number of alkyl halides is 1. The number of hydrazine groups is 1. The van der Waals surface area contributed by atoms with Crippen molar-refractivity contribution >= 4 is 33.7 Å². The van der Waals surface area contributed by atoms with Gasteiger partial charge in [0.1, 0.15) is 0 Å². The molecular weight excluding hydrogens is 228 g/mol. The Bertz CT molecular complexity index is 225. The summed E-state index contributed by atoms with van der Waals surface area (Å²) in [5.74, 6) is -1.11. The topological polar surface area (TPSA) is 66.5 Å². The van der Waals surface area contributed by atoms with Gasteiger partial charge in [-0.3, -0.25) is 19.8 Å². The minimum Gasteiger partial charge on any atom is -0.273 e. The van der Waals surface area contributed by atoms with Crippen molar-refractivity contribution in [3.05, 3.63) is 0 Å². The molecule has 1 aliphatic heterocycles. The average Bonchev–Trinajstić information content (AvgIpc) is 2.35. The third-order valence-electron chi connectivity index (χ3n) is 1.41. The van der Waals surface area contributed by atoms with E-state index in [1.807, 2.05) is 0 Å². The molecule has 1 N–H and O–H groups in total. The van der Waals surface area contributed by atoms with Crippen LogP contribution in [0.15, 0.2) is 0 Å². The number of hydrogen-bond donors (Lipinski definition) is 1. The average molecular weight is 235 g/mol. The number of rotatable bonds is 2. The maximum absolute atomic E-state index is 10.9. The Kier molecular flexibility index (Phi) is 2.80. The smallest absolute Gasteiger partial charge is 0.249 e. The van der Waals surface area contributed by atoms with E-state index in [0.717, 1.165) is 5.01 Å². The highest BCUT2D eigenvalue weighted by Crippen LogP contribution is 2.08. The van der Waals surface area contributed by atoms with Gasteiger partial charge in [0.2, 0.25) is 17.7 Å². The maximum Gasteiger partial charge on any atom is 0.249 e. The lowest BCUT2D eigenvalue weighted by Gasteiger charge is -2.13. The van der Waals surface area contributed by atoms with E-state index >= 15 is 0 Å². The second-order valence-corrected chi connectivity index (χ2v) is 2.85. The van der Waals surface area contributed by atoms with Gasteiger partial charge in [0, 0.05) is 12.8 Å². The van der Waals surface area contributed by atoms with Crippen molar-refractivity contribution < 1.29 is 14.4 Å². The van der Waals surface area contributed by atoms with E-state index in [1.54, 1.807) is 0 Å². The standard InChI is InChI=1S/C6H7BrN2O3/c7-3-4(10)8-9-5(11)1-2-6(9)12/h1-3H2,(H,8,10). The van der Waals surface area contributed by atoms with Gasteiger partial charge < -0.3 is 0 Å². The number of nitrogens with zero attached hydrogens (tertiary/aromatic N) is 1. The lowest BCUT2D eigenvalue weighted by atomic mass is 10.4. The number of amides is 3. The zero-order valence-electron chi connectivity index (χ0n) is 6.17. The van der Waals surface area contributed by atoms with E-state index < -0.39 is 5.91 Å². The van der Waals surface area contributed by atoms with Crippen LogP contribution in [-0.2, 0) is 14.4 Å². The summed E-state index contributed by atoms with van der Waals surface area (Å²) in [7, 11) is 0. The summed E-state index contributed by atoms with van der Waals surface area (Å²) in [6.45, 7) is 0. The summed E-state index contributed by atoms with van der Waals surface area (Å²) in [5.41, 5.74) is 2.18. The van der Waals surface area contributed by atoms with Gasteiger partial charge in [-0.25, -0.2) is 0 Å². The Balaban J connectivity index is 2.56. The van der Waals surface area contributed by atoms with E-state index in [9.17, 15) is 14.4 Å². The van der Waals surface area contributed by atoms with Crippen LogP contribution in [0.3, 0.4) is 0 Å². The molecule has 1 heterocycles. The van der Waals surface area contributed by atoms with Crippen LogP contribution in [0, 0.1) is 0 Å². The van der Waals surface area contributed by atoms with Crippen molar-refractivity contribution in [2.75, 3.05) is 5.33 Å². The van der Waals surface area contributed by atoms with Crippen molar-refractivity contribution in [1.82, 2.24) is 10.4 Å². The highest BCUT2D eigenvalue weighted by Gasteiger charge is 2.29. The first-order chi connectivity index (χ1) is 5.65. The molecule has 12 heavy (non-hydrogen) atoms. The summed E-state index contributed by atoms with van der Waals surface area (Å²) in [6.07, 6.45) is 0.364. The fourth-order valence-electron chi connectivity index (χ4n) is 0.856. The molecule has 1 aliphatic rings. The number of nitrogens with one attached hydrogen (secondary N) is 1. The Labute approximate surface area is 77.2 Å². The number of halogens is 1. The second-order valence-electron chi connectivity index (χ2n) is 2.29. The molecule has 0 radical (unpaired) electrons. The predicted octanol–water partition coefficient (Wildman–Crippen LogP) is -0.438.